The van der Waals surface area contributed by atoms with Crippen LogP contribution in [0.4, 0.5) is 5.69 Å². The maximum atomic E-state index is 6.01. The summed E-state index contributed by atoms with van der Waals surface area (Å²) in [5.74, 6) is 0.826. The number of pyridine rings is 1. The first-order valence-corrected chi connectivity index (χ1v) is 6.14. The van der Waals surface area contributed by atoms with E-state index in [2.05, 4.69) is 15.3 Å². The average molecular weight is 258 g/mol. The molecule has 3 rings (SSSR count). The van der Waals surface area contributed by atoms with Crippen molar-refractivity contribution in [3.63, 3.8) is 0 Å². The molecule has 2 aromatic rings. The lowest BCUT2D eigenvalue weighted by atomic mass is 10.2. The first-order valence-electron chi connectivity index (χ1n) is 5.76. The molecule has 0 saturated carbocycles. The van der Waals surface area contributed by atoms with Gasteiger partial charge in [0.15, 0.2) is 5.84 Å². The maximum absolute atomic E-state index is 6.01. The van der Waals surface area contributed by atoms with Crippen LogP contribution >= 0.6 is 11.6 Å². The smallest absolute Gasteiger partial charge is 0.152 e. The molecule has 0 atom stereocenters. The minimum atomic E-state index is 0.693. The molecular formula is C14H12ClN3. The van der Waals surface area contributed by atoms with Crippen molar-refractivity contribution in [2.75, 3.05) is 5.32 Å². The number of aliphatic imine (C=N–C) groups is 1. The topological polar surface area (TPSA) is 37.3 Å². The van der Waals surface area contributed by atoms with E-state index >= 15 is 0 Å². The van der Waals surface area contributed by atoms with Gasteiger partial charge in [-0.15, -0.1) is 0 Å². The van der Waals surface area contributed by atoms with Crippen LogP contribution in [0.5, 0.6) is 0 Å². The van der Waals surface area contributed by atoms with Gasteiger partial charge >= 0.3 is 0 Å². The van der Waals surface area contributed by atoms with Crippen LogP contribution in [-0.2, 0) is 6.54 Å². The van der Waals surface area contributed by atoms with E-state index in [1.807, 2.05) is 37.3 Å². The summed E-state index contributed by atoms with van der Waals surface area (Å²) in [4.78, 5) is 8.82. The van der Waals surface area contributed by atoms with Crippen molar-refractivity contribution < 1.29 is 0 Å². The summed E-state index contributed by atoms with van der Waals surface area (Å²) in [6.45, 7) is 2.67. The number of rotatable bonds is 1. The quantitative estimate of drug-likeness (QED) is 0.850. The summed E-state index contributed by atoms with van der Waals surface area (Å²) in [7, 11) is 0. The number of nitrogens with zero attached hydrogens (tertiary/aromatic N) is 2. The number of benzene rings is 1. The van der Waals surface area contributed by atoms with Crippen LogP contribution in [0.2, 0.25) is 5.02 Å². The molecule has 18 heavy (non-hydrogen) atoms. The average Bonchev–Trinajstić information content (AvgIpc) is 2.78. The molecule has 1 aromatic heterocycles. The van der Waals surface area contributed by atoms with Crippen LogP contribution in [0.15, 0.2) is 41.5 Å². The van der Waals surface area contributed by atoms with E-state index in [-0.39, 0.29) is 0 Å². The highest BCUT2D eigenvalue weighted by atomic mass is 35.5. The Labute approximate surface area is 111 Å². The van der Waals surface area contributed by atoms with Crippen LogP contribution in [0.3, 0.4) is 0 Å². The Morgan fingerprint density at radius 3 is 3.00 bits per heavy atom. The summed E-state index contributed by atoms with van der Waals surface area (Å²) in [6, 6.07) is 9.82. The number of amidine groups is 1. The van der Waals surface area contributed by atoms with Gasteiger partial charge in [-0.3, -0.25) is 9.98 Å². The number of halogens is 1. The third-order valence-electron chi connectivity index (χ3n) is 2.94. The van der Waals surface area contributed by atoms with E-state index < -0.39 is 0 Å². The van der Waals surface area contributed by atoms with Crippen molar-refractivity contribution in [3.8, 4) is 0 Å². The Balaban J connectivity index is 1.88. The fourth-order valence-electron chi connectivity index (χ4n) is 1.98. The van der Waals surface area contributed by atoms with Crippen molar-refractivity contribution in [3.05, 3.63) is 58.4 Å². The van der Waals surface area contributed by atoms with E-state index in [0.29, 0.717) is 6.54 Å². The van der Waals surface area contributed by atoms with Gasteiger partial charge in [-0.2, -0.15) is 0 Å². The highest BCUT2D eigenvalue weighted by molar-refractivity contribution is 6.31. The molecule has 0 saturated heterocycles. The van der Waals surface area contributed by atoms with Crippen LogP contribution in [0.1, 0.15) is 16.8 Å². The molecular weight excluding hydrogens is 246 g/mol. The van der Waals surface area contributed by atoms with Gasteiger partial charge in [0.2, 0.25) is 0 Å². The second-order valence-corrected chi connectivity index (χ2v) is 4.67. The van der Waals surface area contributed by atoms with Crippen LogP contribution in [-0.4, -0.2) is 10.8 Å². The predicted molar refractivity (Wildman–Crippen MR) is 74.3 cm³/mol. The summed E-state index contributed by atoms with van der Waals surface area (Å²) in [5.41, 5.74) is 4.12. The zero-order chi connectivity index (χ0) is 12.5. The lowest BCUT2D eigenvalue weighted by molar-refractivity contribution is 1.09. The predicted octanol–water partition coefficient (Wildman–Crippen LogP) is 3.42. The fraction of sp³-hybridized carbons (Fsp3) is 0.143. The van der Waals surface area contributed by atoms with E-state index in [1.54, 1.807) is 6.20 Å². The molecule has 0 aliphatic carbocycles. The van der Waals surface area contributed by atoms with Crippen molar-refractivity contribution in [1.29, 1.82) is 0 Å². The van der Waals surface area contributed by atoms with Crippen LogP contribution in [0.25, 0.3) is 0 Å². The van der Waals surface area contributed by atoms with E-state index in [9.17, 15) is 0 Å². The zero-order valence-electron chi connectivity index (χ0n) is 9.94. The largest absolute Gasteiger partial charge is 0.339 e. The van der Waals surface area contributed by atoms with Gasteiger partial charge in [0.05, 0.1) is 6.54 Å². The van der Waals surface area contributed by atoms with E-state index in [1.165, 1.54) is 0 Å². The first kappa shape index (κ1) is 11.2. The summed E-state index contributed by atoms with van der Waals surface area (Å²) in [6.07, 6.45) is 1.79. The number of aromatic nitrogens is 1. The molecule has 1 aliphatic rings. The van der Waals surface area contributed by atoms with Crippen molar-refractivity contribution in [2.45, 2.75) is 13.5 Å². The minimum absolute atomic E-state index is 0.693. The molecule has 0 spiro atoms. The number of hydrogen-bond donors (Lipinski definition) is 1. The number of nitrogens with one attached hydrogen (secondary N) is 1. The van der Waals surface area contributed by atoms with Gasteiger partial charge in [-0.1, -0.05) is 17.7 Å². The first-order chi connectivity index (χ1) is 8.74. The van der Waals surface area contributed by atoms with E-state index in [0.717, 1.165) is 33.4 Å². The van der Waals surface area contributed by atoms with Crippen molar-refractivity contribution >= 4 is 23.1 Å². The molecule has 0 bridgehead atoms. The molecule has 4 heteroatoms. The second-order valence-electron chi connectivity index (χ2n) is 4.26. The lowest BCUT2D eigenvalue weighted by Crippen LogP contribution is -2.13. The van der Waals surface area contributed by atoms with Gasteiger partial charge in [0.1, 0.15) is 5.69 Å². The van der Waals surface area contributed by atoms with Gasteiger partial charge in [-0.25, -0.2) is 0 Å². The SMILES string of the molecule is Cc1cc(NC2=NCc3cccnc32)ccc1Cl. The molecule has 2 heterocycles. The molecule has 1 N–H and O–H groups in total. The molecule has 1 aromatic carbocycles. The Bertz CT molecular complexity index is 635. The Morgan fingerprint density at radius 1 is 1.28 bits per heavy atom. The fourth-order valence-corrected chi connectivity index (χ4v) is 2.09. The number of anilines is 1. The summed E-state index contributed by atoms with van der Waals surface area (Å²) >= 11 is 6.01. The molecule has 0 radical (unpaired) electrons. The van der Waals surface area contributed by atoms with Crippen LogP contribution < -0.4 is 5.32 Å². The molecule has 0 fully saturated rings. The number of hydrogen-bond acceptors (Lipinski definition) is 3. The summed E-state index contributed by atoms with van der Waals surface area (Å²) < 4.78 is 0. The van der Waals surface area contributed by atoms with E-state index in [4.69, 9.17) is 11.6 Å². The highest BCUT2D eigenvalue weighted by Crippen LogP contribution is 2.22. The monoisotopic (exact) mass is 257 g/mol. The second kappa shape index (κ2) is 4.42. The maximum Gasteiger partial charge on any atom is 0.152 e. The molecule has 3 nitrogen and oxygen atoms in total. The minimum Gasteiger partial charge on any atom is -0.339 e. The molecule has 90 valence electrons. The van der Waals surface area contributed by atoms with Gasteiger partial charge in [0, 0.05) is 22.5 Å². The lowest BCUT2D eigenvalue weighted by Gasteiger charge is -2.08. The molecule has 0 amide bonds. The van der Waals surface area contributed by atoms with Gasteiger partial charge in [0.25, 0.3) is 0 Å². The van der Waals surface area contributed by atoms with Gasteiger partial charge in [-0.05, 0) is 36.8 Å². The Hall–Kier alpha value is -1.87. The van der Waals surface area contributed by atoms with Gasteiger partial charge < -0.3 is 5.32 Å². The van der Waals surface area contributed by atoms with Crippen LogP contribution in [0, 0.1) is 6.92 Å². The summed E-state index contributed by atoms with van der Waals surface area (Å²) in [5, 5.41) is 4.06. The Morgan fingerprint density at radius 2 is 2.17 bits per heavy atom. The Kier molecular flexibility index (Phi) is 2.76. The third-order valence-corrected chi connectivity index (χ3v) is 3.37. The molecule has 1 aliphatic heterocycles. The normalized spacial score (nSPS) is 13.1. The third kappa shape index (κ3) is 1.97. The van der Waals surface area contributed by atoms with Crippen molar-refractivity contribution in [2.24, 2.45) is 4.99 Å². The number of fused-ring (bicyclic) bond motifs is 1. The number of aryl methyl sites for hydroxylation is 1. The standard InChI is InChI=1S/C14H12ClN3/c1-9-7-11(4-5-12(9)15)18-14-13-10(8-17-14)3-2-6-16-13/h2-7H,8H2,1H3,(H,17,18). The van der Waals surface area contributed by atoms with Crippen molar-refractivity contribution in [1.82, 2.24) is 4.98 Å². The highest BCUT2D eigenvalue weighted by Gasteiger charge is 2.16. The molecule has 0 unspecified atom stereocenters. The zero-order valence-corrected chi connectivity index (χ0v) is 10.7.